The summed E-state index contributed by atoms with van der Waals surface area (Å²) in [6.45, 7) is 2.68. The van der Waals surface area contributed by atoms with Crippen molar-refractivity contribution in [2.45, 2.75) is 19.4 Å². The summed E-state index contributed by atoms with van der Waals surface area (Å²) in [5.41, 5.74) is 4.44. The molecule has 3 aromatic rings. The summed E-state index contributed by atoms with van der Waals surface area (Å²) >= 11 is 0. The molecule has 3 heterocycles. The number of hydrogen-bond acceptors (Lipinski definition) is 5. The second kappa shape index (κ2) is 8.55. The third kappa shape index (κ3) is 4.20. The van der Waals surface area contributed by atoms with Crippen molar-refractivity contribution in [3.63, 3.8) is 0 Å². The number of carbonyl (C=O) groups excluding carboxylic acids is 1. The molecule has 0 saturated carbocycles. The van der Waals surface area contributed by atoms with Gasteiger partial charge in [-0.1, -0.05) is 0 Å². The average molecular weight is 423 g/mol. The first-order valence-electron chi connectivity index (χ1n) is 10.6. The third-order valence-electron chi connectivity index (χ3n) is 6.24. The van der Waals surface area contributed by atoms with E-state index in [4.69, 9.17) is 0 Å². The molecule has 0 bridgehead atoms. The van der Waals surface area contributed by atoms with Crippen molar-refractivity contribution in [2.75, 3.05) is 37.4 Å². The lowest BCUT2D eigenvalue weighted by Crippen LogP contribution is -2.37. The predicted octanol–water partition coefficient (Wildman–Crippen LogP) is 2.19. The molecule has 0 atom stereocenters. The largest absolute Gasteiger partial charge is 0.376 e. The number of aryl methyl sites for hydroxylation is 2. The van der Waals surface area contributed by atoms with Crippen molar-refractivity contribution in [3.8, 4) is 0 Å². The highest BCUT2D eigenvalue weighted by Gasteiger charge is 2.26. The summed E-state index contributed by atoms with van der Waals surface area (Å²) in [7, 11) is 7.40. The topological polar surface area (TPSA) is 75.4 Å². The number of imidazole rings is 1. The van der Waals surface area contributed by atoms with Gasteiger partial charge in [-0.2, -0.15) is 0 Å². The zero-order chi connectivity index (χ0) is 22.1. The molecule has 164 valence electrons. The van der Waals surface area contributed by atoms with Crippen molar-refractivity contribution >= 4 is 28.3 Å². The summed E-state index contributed by atoms with van der Waals surface area (Å²) < 4.78 is 3.24. The molecule has 4 rings (SSSR count). The number of amides is 1. The van der Waals surface area contributed by atoms with Crippen LogP contribution in [-0.4, -0.2) is 52.1 Å². The molecule has 0 unspecified atom stereocenters. The molecule has 1 fully saturated rings. The molecule has 2 aromatic heterocycles. The van der Waals surface area contributed by atoms with Crippen LogP contribution in [0.4, 0.5) is 11.4 Å². The Morgan fingerprint density at radius 3 is 2.32 bits per heavy atom. The second-order valence-electron chi connectivity index (χ2n) is 8.55. The third-order valence-corrected chi connectivity index (χ3v) is 6.24. The summed E-state index contributed by atoms with van der Waals surface area (Å²) in [5.74, 6) is 0.0333. The SMILES string of the molecule is CN(C)c1cc2c(cc1NC(=O)C1CCN(Cc3ccncc3)CC1)n(C)c(=O)n2C. The van der Waals surface area contributed by atoms with Gasteiger partial charge in [0.15, 0.2) is 0 Å². The van der Waals surface area contributed by atoms with Crippen LogP contribution < -0.4 is 15.9 Å². The number of rotatable bonds is 5. The smallest absolute Gasteiger partial charge is 0.328 e. The Morgan fingerprint density at radius 2 is 1.71 bits per heavy atom. The summed E-state index contributed by atoms with van der Waals surface area (Å²) in [4.78, 5) is 33.8. The van der Waals surface area contributed by atoms with Crippen molar-refractivity contribution < 1.29 is 4.79 Å². The molecule has 0 radical (unpaired) electrons. The number of carbonyl (C=O) groups is 1. The summed E-state index contributed by atoms with van der Waals surface area (Å²) in [6.07, 6.45) is 5.30. The Bertz CT molecular complexity index is 1140. The fourth-order valence-electron chi connectivity index (χ4n) is 4.34. The maximum absolute atomic E-state index is 13.1. The molecule has 1 aliphatic heterocycles. The van der Waals surface area contributed by atoms with Gasteiger partial charge in [0.2, 0.25) is 5.91 Å². The minimum atomic E-state index is -0.0789. The van der Waals surface area contributed by atoms with Gasteiger partial charge in [0.05, 0.1) is 22.4 Å². The number of nitrogens with zero attached hydrogens (tertiary/aromatic N) is 5. The molecule has 8 nitrogen and oxygen atoms in total. The molecule has 31 heavy (non-hydrogen) atoms. The number of anilines is 2. The Morgan fingerprint density at radius 1 is 1.10 bits per heavy atom. The van der Waals surface area contributed by atoms with E-state index in [9.17, 15) is 9.59 Å². The van der Waals surface area contributed by atoms with Gasteiger partial charge >= 0.3 is 5.69 Å². The van der Waals surface area contributed by atoms with Crippen LogP contribution in [0.25, 0.3) is 11.0 Å². The zero-order valence-electron chi connectivity index (χ0n) is 18.6. The van der Waals surface area contributed by atoms with E-state index in [2.05, 4.69) is 15.2 Å². The van der Waals surface area contributed by atoms with E-state index in [0.29, 0.717) is 0 Å². The lowest BCUT2D eigenvalue weighted by atomic mass is 9.95. The number of piperidine rings is 1. The molecule has 1 aliphatic rings. The molecular weight excluding hydrogens is 392 g/mol. The maximum atomic E-state index is 13.1. The van der Waals surface area contributed by atoms with Crippen molar-refractivity contribution in [1.82, 2.24) is 19.0 Å². The van der Waals surface area contributed by atoms with Crippen LogP contribution in [0.15, 0.2) is 41.5 Å². The summed E-state index contributed by atoms with van der Waals surface area (Å²) in [6, 6.07) is 7.94. The first-order chi connectivity index (χ1) is 14.8. The van der Waals surface area contributed by atoms with Crippen LogP contribution in [0.3, 0.4) is 0 Å². The van der Waals surface area contributed by atoms with Crippen LogP contribution in [0, 0.1) is 5.92 Å². The number of benzene rings is 1. The molecule has 1 aromatic carbocycles. The average Bonchev–Trinajstić information content (AvgIpc) is 2.98. The first-order valence-corrected chi connectivity index (χ1v) is 10.6. The number of hydrogen-bond donors (Lipinski definition) is 1. The maximum Gasteiger partial charge on any atom is 0.328 e. The van der Waals surface area contributed by atoms with E-state index in [1.807, 2.05) is 55.7 Å². The highest BCUT2D eigenvalue weighted by atomic mass is 16.2. The van der Waals surface area contributed by atoms with Crippen LogP contribution >= 0.6 is 0 Å². The number of fused-ring (bicyclic) bond motifs is 1. The van der Waals surface area contributed by atoms with Crippen LogP contribution in [0.5, 0.6) is 0 Å². The molecule has 1 amide bonds. The fourth-order valence-corrected chi connectivity index (χ4v) is 4.34. The van der Waals surface area contributed by atoms with E-state index >= 15 is 0 Å². The van der Waals surface area contributed by atoms with Crippen LogP contribution in [-0.2, 0) is 25.4 Å². The van der Waals surface area contributed by atoms with Crippen molar-refractivity contribution in [1.29, 1.82) is 0 Å². The van der Waals surface area contributed by atoms with Gasteiger partial charge in [-0.15, -0.1) is 0 Å². The number of pyridine rings is 1. The minimum absolute atomic E-state index is 0.0148. The van der Waals surface area contributed by atoms with E-state index in [0.717, 1.165) is 54.9 Å². The normalized spacial score (nSPS) is 15.4. The molecule has 8 heteroatoms. The Kier molecular flexibility index (Phi) is 5.82. The summed E-state index contributed by atoms with van der Waals surface area (Å²) in [5, 5.41) is 3.14. The van der Waals surface area contributed by atoms with Gasteiger partial charge in [-0.3, -0.25) is 23.8 Å². The van der Waals surface area contributed by atoms with E-state index in [1.54, 1.807) is 23.2 Å². The number of nitrogens with one attached hydrogen (secondary N) is 1. The quantitative estimate of drug-likeness (QED) is 0.682. The van der Waals surface area contributed by atoms with Gasteiger partial charge in [0.25, 0.3) is 0 Å². The number of likely N-dealkylation sites (tertiary alicyclic amines) is 1. The zero-order valence-corrected chi connectivity index (χ0v) is 18.6. The van der Waals surface area contributed by atoms with Gasteiger partial charge in [0, 0.05) is 53.0 Å². The molecule has 1 N–H and O–H groups in total. The van der Waals surface area contributed by atoms with Gasteiger partial charge in [-0.05, 0) is 55.8 Å². The first kappa shape index (κ1) is 21.1. The minimum Gasteiger partial charge on any atom is -0.376 e. The van der Waals surface area contributed by atoms with E-state index < -0.39 is 0 Å². The molecule has 0 aliphatic carbocycles. The molecule has 1 saturated heterocycles. The van der Waals surface area contributed by atoms with Gasteiger partial charge < -0.3 is 10.2 Å². The number of aromatic nitrogens is 3. The Balaban J connectivity index is 1.48. The van der Waals surface area contributed by atoms with Crippen LogP contribution in [0.2, 0.25) is 0 Å². The Hall–Kier alpha value is -3.13. The van der Waals surface area contributed by atoms with E-state index in [1.165, 1.54) is 5.56 Å². The van der Waals surface area contributed by atoms with E-state index in [-0.39, 0.29) is 17.5 Å². The Labute approximate surface area is 182 Å². The molecular formula is C23H30N6O2. The highest BCUT2D eigenvalue weighted by molar-refractivity contribution is 5.99. The lowest BCUT2D eigenvalue weighted by molar-refractivity contribution is -0.121. The van der Waals surface area contributed by atoms with Gasteiger partial charge in [0.1, 0.15) is 0 Å². The molecule has 0 spiro atoms. The fraction of sp³-hybridized carbons (Fsp3) is 0.435. The predicted molar refractivity (Wildman–Crippen MR) is 123 cm³/mol. The lowest BCUT2D eigenvalue weighted by Gasteiger charge is -2.31. The van der Waals surface area contributed by atoms with Crippen molar-refractivity contribution in [2.24, 2.45) is 20.0 Å². The van der Waals surface area contributed by atoms with Crippen LogP contribution in [0.1, 0.15) is 18.4 Å². The van der Waals surface area contributed by atoms with Gasteiger partial charge in [-0.25, -0.2) is 4.79 Å². The second-order valence-corrected chi connectivity index (χ2v) is 8.55. The van der Waals surface area contributed by atoms with Crippen molar-refractivity contribution in [3.05, 3.63) is 52.7 Å². The monoisotopic (exact) mass is 422 g/mol. The standard InChI is InChI=1S/C23H30N6O2/c1-26(2)19-14-21-20(27(3)23(31)28(21)4)13-18(19)25-22(30)17-7-11-29(12-8-17)15-16-5-9-24-10-6-16/h5-6,9-10,13-14,17H,7-8,11-12,15H2,1-4H3,(H,25,30). The highest BCUT2D eigenvalue weighted by Crippen LogP contribution is 2.31.